The molecule has 0 unspecified atom stereocenters. The quantitative estimate of drug-likeness (QED) is 0.569. The lowest BCUT2D eigenvalue weighted by molar-refractivity contribution is -0.206. The summed E-state index contributed by atoms with van der Waals surface area (Å²) >= 11 is 0. The molecule has 7 atom stereocenters. The second-order valence-electron chi connectivity index (χ2n) is 10.6. The summed E-state index contributed by atoms with van der Waals surface area (Å²) in [5.74, 6) is 2.53. The SMILES string of the molecule is CNCCO/N=C1/CC[C@]2(C)[C@H]3CC[C@]4(C)C(=O)CC[C@H]4[C@@H]3[C@H](C)C[C@@]2(O)C1. The predicted octanol–water partition coefficient (Wildman–Crippen LogP) is 3.55. The van der Waals surface area contributed by atoms with E-state index in [0.717, 1.165) is 57.2 Å². The number of likely N-dealkylation sites (N-methyl/N-ethyl adjacent to an activating group) is 1. The van der Waals surface area contributed by atoms with Crippen LogP contribution in [0.1, 0.15) is 72.1 Å². The van der Waals surface area contributed by atoms with E-state index in [2.05, 4.69) is 31.2 Å². The van der Waals surface area contributed by atoms with Crippen molar-refractivity contribution in [2.75, 3.05) is 20.2 Å². The van der Waals surface area contributed by atoms with Gasteiger partial charge in [0.25, 0.3) is 0 Å². The lowest BCUT2D eigenvalue weighted by Gasteiger charge is -2.64. The van der Waals surface area contributed by atoms with E-state index >= 15 is 0 Å². The molecule has 4 aliphatic rings. The van der Waals surface area contributed by atoms with Gasteiger partial charge in [0.15, 0.2) is 0 Å². The summed E-state index contributed by atoms with van der Waals surface area (Å²) in [6.45, 7) is 8.21. The van der Waals surface area contributed by atoms with Crippen molar-refractivity contribution in [1.82, 2.24) is 5.32 Å². The Morgan fingerprint density at radius 3 is 2.75 bits per heavy atom. The normalized spacial score (nSPS) is 49.5. The second kappa shape index (κ2) is 7.09. The number of oxime groups is 1. The first-order valence-corrected chi connectivity index (χ1v) is 11.3. The number of carbonyl (C=O) groups excluding carboxylic acids is 1. The Kier molecular flexibility index (Phi) is 5.15. The van der Waals surface area contributed by atoms with Crippen molar-refractivity contribution in [2.45, 2.75) is 77.7 Å². The number of nitrogens with one attached hydrogen (secondary N) is 1. The lowest BCUT2D eigenvalue weighted by Crippen LogP contribution is -2.64. The third-order valence-electron chi connectivity index (χ3n) is 9.31. The fourth-order valence-corrected chi connectivity index (χ4v) is 7.64. The van der Waals surface area contributed by atoms with Crippen LogP contribution in [0.4, 0.5) is 0 Å². The Hall–Kier alpha value is -0.940. The summed E-state index contributed by atoms with van der Waals surface area (Å²) < 4.78 is 0. The van der Waals surface area contributed by atoms with Crippen molar-refractivity contribution >= 4 is 11.5 Å². The summed E-state index contributed by atoms with van der Waals surface area (Å²) in [6, 6.07) is 0. The lowest BCUT2D eigenvalue weighted by atomic mass is 9.41. The second-order valence-corrected chi connectivity index (χ2v) is 10.6. The van der Waals surface area contributed by atoms with Gasteiger partial charge in [0.1, 0.15) is 12.4 Å². The minimum atomic E-state index is -0.701. The maximum absolute atomic E-state index is 12.6. The van der Waals surface area contributed by atoms with Gasteiger partial charge in [0, 0.05) is 30.2 Å². The zero-order valence-electron chi connectivity index (χ0n) is 18.1. The topological polar surface area (TPSA) is 70.9 Å². The molecule has 0 aromatic carbocycles. The molecular formula is C23H38N2O3. The zero-order valence-corrected chi connectivity index (χ0v) is 18.1. The van der Waals surface area contributed by atoms with Gasteiger partial charge in [-0.2, -0.15) is 0 Å². The minimum absolute atomic E-state index is 0.0822. The summed E-state index contributed by atoms with van der Waals surface area (Å²) in [7, 11) is 1.90. The summed E-state index contributed by atoms with van der Waals surface area (Å²) in [4.78, 5) is 18.1. The molecule has 0 radical (unpaired) electrons. The van der Waals surface area contributed by atoms with Crippen LogP contribution in [0.5, 0.6) is 0 Å². The van der Waals surface area contributed by atoms with Crippen molar-refractivity contribution in [3.63, 3.8) is 0 Å². The fourth-order valence-electron chi connectivity index (χ4n) is 7.64. The molecule has 28 heavy (non-hydrogen) atoms. The van der Waals surface area contributed by atoms with Crippen LogP contribution in [0.15, 0.2) is 5.16 Å². The Morgan fingerprint density at radius 2 is 2.00 bits per heavy atom. The van der Waals surface area contributed by atoms with E-state index in [4.69, 9.17) is 4.84 Å². The first-order chi connectivity index (χ1) is 13.2. The van der Waals surface area contributed by atoms with E-state index in [-0.39, 0.29) is 10.8 Å². The third kappa shape index (κ3) is 2.87. The van der Waals surface area contributed by atoms with Gasteiger partial charge in [-0.1, -0.05) is 25.9 Å². The highest BCUT2D eigenvalue weighted by Gasteiger charge is 2.66. The molecule has 5 nitrogen and oxygen atoms in total. The van der Waals surface area contributed by atoms with Gasteiger partial charge in [0.2, 0.25) is 0 Å². The van der Waals surface area contributed by atoms with Crippen LogP contribution in [-0.4, -0.2) is 42.4 Å². The summed E-state index contributed by atoms with van der Waals surface area (Å²) in [6.07, 6.45) is 7.25. The van der Waals surface area contributed by atoms with Crippen molar-refractivity contribution in [2.24, 2.45) is 39.7 Å². The van der Waals surface area contributed by atoms with Gasteiger partial charge in [-0.25, -0.2) is 0 Å². The van der Waals surface area contributed by atoms with Crippen LogP contribution in [0.2, 0.25) is 0 Å². The standard InChI is InChI=1S/C23H38N2O3/c1-15-13-23(27)14-16(25-28-12-11-24-4)7-10-22(23,3)18-8-9-21(2)17(20(15)18)5-6-19(21)26/h15,17-18,20,24,27H,5-14H2,1-4H3/b25-16-/t15-,17+,18+,20+,21+,22-,23-/m1/s1. The maximum Gasteiger partial charge on any atom is 0.139 e. The average molecular weight is 391 g/mol. The first-order valence-electron chi connectivity index (χ1n) is 11.3. The number of rotatable bonds is 4. The van der Waals surface area contributed by atoms with E-state index in [1.807, 2.05) is 7.05 Å². The maximum atomic E-state index is 12.6. The molecule has 4 rings (SSSR count). The van der Waals surface area contributed by atoms with Gasteiger partial charge < -0.3 is 15.3 Å². The molecule has 0 amide bonds. The molecule has 0 bridgehead atoms. The molecule has 0 aromatic heterocycles. The molecule has 4 aliphatic carbocycles. The monoisotopic (exact) mass is 390 g/mol. The van der Waals surface area contributed by atoms with Crippen molar-refractivity contribution < 1.29 is 14.7 Å². The Balaban J connectivity index is 1.57. The van der Waals surface area contributed by atoms with Crippen LogP contribution in [0.25, 0.3) is 0 Å². The zero-order chi connectivity index (χ0) is 20.2. The van der Waals surface area contributed by atoms with Crippen LogP contribution in [0.3, 0.4) is 0 Å². The minimum Gasteiger partial charge on any atom is -0.394 e. The average Bonchev–Trinajstić information content (AvgIpc) is 2.95. The molecule has 5 heteroatoms. The third-order valence-corrected chi connectivity index (χ3v) is 9.31. The molecule has 2 N–H and O–H groups in total. The Labute approximate surface area is 169 Å². The van der Waals surface area contributed by atoms with Crippen LogP contribution < -0.4 is 5.32 Å². The number of carbonyl (C=O) groups is 1. The highest BCUT2D eigenvalue weighted by atomic mass is 16.6. The molecule has 0 heterocycles. The highest BCUT2D eigenvalue weighted by Crippen LogP contribution is 2.67. The Morgan fingerprint density at radius 1 is 1.21 bits per heavy atom. The Bertz CT molecular complexity index is 664. The van der Waals surface area contributed by atoms with Gasteiger partial charge >= 0.3 is 0 Å². The van der Waals surface area contributed by atoms with Gasteiger partial charge in [0.05, 0.1) is 11.3 Å². The number of Topliss-reactive ketones (excluding diaryl/α,β-unsaturated/α-hetero) is 1. The number of nitrogens with zero attached hydrogens (tertiary/aromatic N) is 1. The van der Waals surface area contributed by atoms with Crippen LogP contribution in [0, 0.1) is 34.5 Å². The molecule has 0 saturated heterocycles. The van der Waals surface area contributed by atoms with E-state index in [1.54, 1.807) is 0 Å². The smallest absolute Gasteiger partial charge is 0.139 e. The molecule has 4 fully saturated rings. The van der Waals surface area contributed by atoms with Crippen molar-refractivity contribution in [1.29, 1.82) is 0 Å². The number of aliphatic hydroxyl groups is 1. The largest absolute Gasteiger partial charge is 0.394 e. The van der Waals surface area contributed by atoms with Gasteiger partial charge in [-0.3, -0.25) is 4.79 Å². The van der Waals surface area contributed by atoms with E-state index in [1.165, 1.54) is 0 Å². The number of fused-ring (bicyclic) bond motifs is 5. The van der Waals surface area contributed by atoms with E-state index < -0.39 is 5.60 Å². The van der Waals surface area contributed by atoms with Gasteiger partial charge in [-0.15, -0.1) is 0 Å². The van der Waals surface area contributed by atoms with Crippen molar-refractivity contribution in [3.05, 3.63) is 0 Å². The molecule has 158 valence electrons. The van der Waals surface area contributed by atoms with Crippen LogP contribution in [-0.2, 0) is 9.63 Å². The molecule has 4 saturated carbocycles. The first kappa shape index (κ1) is 20.3. The molecule has 0 spiro atoms. The predicted molar refractivity (Wildman–Crippen MR) is 110 cm³/mol. The summed E-state index contributed by atoms with van der Waals surface area (Å²) in [5, 5.41) is 19.3. The van der Waals surface area contributed by atoms with Crippen LogP contribution >= 0.6 is 0 Å². The van der Waals surface area contributed by atoms with Crippen molar-refractivity contribution in [3.8, 4) is 0 Å². The molecular weight excluding hydrogens is 352 g/mol. The van der Waals surface area contributed by atoms with E-state index in [9.17, 15) is 9.90 Å². The molecule has 0 aliphatic heterocycles. The number of hydrogen-bond donors (Lipinski definition) is 2. The fraction of sp³-hybridized carbons (Fsp3) is 0.913. The molecule has 0 aromatic rings. The number of ketones is 1. The van der Waals surface area contributed by atoms with E-state index in [0.29, 0.717) is 42.5 Å². The highest BCUT2D eigenvalue weighted by molar-refractivity contribution is 5.87. The van der Waals surface area contributed by atoms with Gasteiger partial charge in [-0.05, 0) is 69.2 Å². The summed E-state index contributed by atoms with van der Waals surface area (Å²) in [5.41, 5.74) is 0.122. The number of hydrogen-bond acceptors (Lipinski definition) is 5.